The molecule has 0 radical (unpaired) electrons. The standard InChI is InChI=1S/C22H31N3O6/c1-14-10-25(15(2)12-26)22(29)18-8-17(7-6-16(3)27)9-23-21(18)31-19(14)11-24(4)20(28)13-30-5/h8-9,14-16,19,26-27H,10-13H2,1-5H3/t14-,15+,16+,19-/m0/s1. The van der Waals surface area contributed by atoms with Crippen molar-refractivity contribution in [3.05, 3.63) is 23.4 Å². The molecule has 2 amide bonds. The molecule has 0 spiro atoms. The predicted molar refractivity (Wildman–Crippen MR) is 113 cm³/mol. The van der Waals surface area contributed by atoms with E-state index in [1.165, 1.54) is 18.2 Å². The van der Waals surface area contributed by atoms with Crippen molar-refractivity contribution in [1.29, 1.82) is 0 Å². The summed E-state index contributed by atoms with van der Waals surface area (Å²) < 4.78 is 11.0. The molecule has 4 atom stereocenters. The topological polar surface area (TPSA) is 112 Å². The largest absolute Gasteiger partial charge is 0.472 e. The number of aliphatic hydroxyl groups is 2. The van der Waals surface area contributed by atoms with Gasteiger partial charge in [0.25, 0.3) is 5.91 Å². The molecule has 2 rings (SSSR count). The average Bonchev–Trinajstić information content (AvgIpc) is 2.74. The third-order valence-corrected chi connectivity index (χ3v) is 5.09. The van der Waals surface area contributed by atoms with E-state index in [4.69, 9.17) is 9.47 Å². The Bertz CT molecular complexity index is 847. The highest BCUT2D eigenvalue weighted by molar-refractivity contribution is 5.97. The second-order valence-electron chi connectivity index (χ2n) is 7.85. The smallest absolute Gasteiger partial charge is 0.259 e. The molecule has 1 aromatic heterocycles. The van der Waals surface area contributed by atoms with Gasteiger partial charge in [-0.1, -0.05) is 18.8 Å². The van der Waals surface area contributed by atoms with Gasteiger partial charge in [-0.15, -0.1) is 0 Å². The lowest BCUT2D eigenvalue weighted by molar-refractivity contribution is -0.135. The number of carbonyl (C=O) groups excluding carboxylic acids is 2. The maximum absolute atomic E-state index is 13.3. The Kier molecular flexibility index (Phi) is 8.80. The molecule has 9 heteroatoms. The molecule has 0 saturated carbocycles. The van der Waals surface area contributed by atoms with Crippen LogP contribution in [0, 0.1) is 17.8 Å². The number of carbonyl (C=O) groups is 2. The number of rotatable bonds is 6. The highest BCUT2D eigenvalue weighted by atomic mass is 16.5. The van der Waals surface area contributed by atoms with Crippen LogP contribution in [0.3, 0.4) is 0 Å². The van der Waals surface area contributed by atoms with Crippen molar-refractivity contribution in [2.75, 3.05) is 40.5 Å². The van der Waals surface area contributed by atoms with Crippen LogP contribution in [-0.4, -0.2) is 95.5 Å². The lowest BCUT2D eigenvalue weighted by Crippen LogP contribution is -2.50. The first kappa shape index (κ1) is 24.6. The van der Waals surface area contributed by atoms with Gasteiger partial charge in [-0.2, -0.15) is 0 Å². The minimum absolute atomic E-state index is 0.0378. The van der Waals surface area contributed by atoms with Crippen molar-refractivity contribution < 1.29 is 29.3 Å². The number of hydrogen-bond donors (Lipinski definition) is 2. The van der Waals surface area contributed by atoms with Gasteiger partial charge in [0.2, 0.25) is 11.8 Å². The molecule has 0 aliphatic carbocycles. The molecule has 1 aromatic rings. The van der Waals surface area contributed by atoms with E-state index in [2.05, 4.69) is 16.8 Å². The van der Waals surface area contributed by atoms with E-state index in [1.807, 2.05) is 6.92 Å². The van der Waals surface area contributed by atoms with Gasteiger partial charge in [-0.3, -0.25) is 9.59 Å². The number of amides is 2. The van der Waals surface area contributed by atoms with Crippen molar-refractivity contribution >= 4 is 11.8 Å². The van der Waals surface area contributed by atoms with Gasteiger partial charge in [0, 0.05) is 38.4 Å². The van der Waals surface area contributed by atoms with E-state index in [1.54, 1.807) is 31.9 Å². The van der Waals surface area contributed by atoms with Crippen LogP contribution >= 0.6 is 0 Å². The minimum Gasteiger partial charge on any atom is -0.472 e. The van der Waals surface area contributed by atoms with Crippen LogP contribution in [0.4, 0.5) is 0 Å². The zero-order chi connectivity index (χ0) is 23.1. The number of nitrogens with zero attached hydrogens (tertiary/aromatic N) is 3. The van der Waals surface area contributed by atoms with Crippen LogP contribution in [0.25, 0.3) is 0 Å². The number of aromatic nitrogens is 1. The first-order chi connectivity index (χ1) is 14.7. The fourth-order valence-corrected chi connectivity index (χ4v) is 3.18. The molecular weight excluding hydrogens is 402 g/mol. The van der Waals surface area contributed by atoms with Crippen molar-refractivity contribution in [3.8, 4) is 17.7 Å². The fraction of sp³-hybridized carbons (Fsp3) is 0.591. The summed E-state index contributed by atoms with van der Waals surface area (Å²) in [4.78, 5) is 32.8. The first-order valence-corrected chi connectivity index (χ1v) is 10.2. The second kappa shape index (κ2) is 11.1. The van der Waals surface area contributed by atoms with Crippen LogP contribution in [0.1, 0.15) is 36.7 Å². The zero-order valence-corrected chi connectivity index (χ0v) is 18.7. The van der Waals surface area contributed by atoms with Crippen LogP contribution in [0.15, 0.2) is 12.3 Å². The monoisotopic (exact) mass is 433 g/mol. The highest BCUT2D eigenvalue weighted by Gasteiger charge is 2.34. The van der Waals surface area contributed by atoms with Gasteiger partial charge in [0.05, 0.1) is 19.2 Å². The molecule has 0 saturated heterocycles. The minimum atomic E-state index is -0.815. The molecule has 0 fully saturated rings. The summed E-state index contributed by atoms with van der Waals surface area (Å²) in [7, 11) is 3.12. The third-order valence-electron chi connectivity index (χ3n) is 5.09. The molecule has 2 N–H and O–H groups in total. The van der Waals surface area contributed by atoms with Crippen molar-refractivity contribution in [3.63, 3.8) is 0 Å². The summed E-state index contributed by atoms with van der Waals surface area (Å²) in [6.45, 7) is 5.62. The van der Waals surface area contributed by atoms with Gasteiger partial charge in [-0.25, -0.2) is 4.98 Å². The van der Waals surface area contributed by atoms with E-state index < -0.39 is 18.2 Å². The predicted octanol–water partition coefficient (Wildman–Crippen LogP) is 0.139. The van der Waals surface area contributed by atoms with Gasteiger partial charge in [-0.05, 0) is 19.9 Å². The Morgan fingerprint density at radius 1 is 1.48 bits per heavy atom. The van der Waals surface area contributed by atoms with Crippen molar-refractivity contribution in [2.45, 2.75) is 39.0 Å². The van der Waals surface area contributed by atoms with Crippen LogP contribution < -0.4 is 4.74 Å². The SMILES string of the molecule is COCC(=O)N(C)C[C@@H]1Oc2ncc(C#C[C@@H](C)O)cc2C(=O)N([C@H](C)CO)C[C@@H]1C. The van der Waals surface area contributed by atoms with E-state index in [-0.39, 0.29) is 48.9 Å². The first-order valence-electron chi connectivity index (χ1n) is 10.2. The number of methoxy groups -OCH3 is 1. The number of ether oxygens (including phenoxy) is 2. The van der Waals surface area contributed by atoms with Crippen molar-refractivity contribution in [1.82, 2.24) is 14.8 Å². The number of hydrogen-bond acceptors (Lipinski definition) is 7. The molecule has 0 unspecified atom stereocenters. The summed E-state index contributed by atoms with van der Waals surface area (Å²) in [5.74, 6) is 4.91. The maximum Gasteiger partial charge on any atom is 0.259 e. The van der Waals surface area contributed by atoms with Crippen molar-refractivity contribution in [2.24, 2.45) is 5.92 Å². The van der Waals surface area contributed by atoms with Crippen LogP contribution in [-0.2, 0) is 9.53 Å². The fourth-order valence-electron chi connectivity index (χ4n) is 3.18. The van der Waals surface area contributed by atoms with E-state index in [0.717, 1.165) is 0 Å². The maximum atomic E-state index is 13.3. The second-order valence-corrected chi connectivity index (χ2v) is 7.85. The van der Waals surface area contributed by atoms with Crippen LogP contribution in [0.2, 0.25) is 0 Å². The molecule has 0 aromatic carbocycles. The molecule has 170 valence electrons. The molecule has 0 bridgehead atoms. The van der Waals surface area contributed by atoms with Gasteiger partial charge >= 0.3 is 0 Å². The number of pyridine rings is 1. The molecule has 31 heavy (non-hydrogen) atoms. The number of fused-ring (bicyclic) bond motifs is 1. The van der Waals surface area contributed by atoms with Gasteiger partial charge in [0.15, 0.2) is 0 Å². The normalized spacial score (nSPS) is 20.4. The van der Waals surface area contributed by atoms with E-state index in [0.29, 0.717) is 12.1 Å². The van der Waals surface area contributed by atoms with Gasteiger partial charge < -0.3 is 29.5 Å². The number of likely N-dealkylation sites (N-methyl/N-ethyl adjacent to an activating group) is 1. The van der Waals surface area contributed by atoms with Crippen LogP contribution in [0.5, 0.6) is 5.88 Å². The van der Waals surface area contributed by atoms with E-state index in [9.17, 15) is 19.8 Å². The molecular formula is C22H31N3O6. The summed E-state index contributed by atoms with van der Waals surface area (Å²) in [6.07, 6.45) is 0.225. The van der Waals surface area contributed by atoms with Gasteiger partial charge in [0.1, 0.15) is 24.4 Å². The summed E-state index contributed by atoms with van der Waals surface area (Å²) >= 11 is 0. The Balaban J connectivity index is 2.44. The lowest BCUT2D eigenvalue weighted by Gasteiger charge is -2.37. The Morgan fingerprint density at radius 2 is 2.19 bits per heavy atom. The molecule has 2 heterocycles. The summed E-state index contributed by atoms with van der Waals surface area (Å²) in [5.41, 5.74) is 0.686. The van der Waals surface area contributed by atoms with E-state index >= 15 is 0 Å². The Morgan fingerprint density at radius 3 is 2.81 bits per heavy atom. The summed E-state index contributed by atoms with van der Waals surface area (Å²) in [5, 5.41) is 19.1. The lowest BCUT2D eigenvalue weighted by atomic mass is 10.00. The quantitative estimate of drug-likeness (QED) is 0.614. The summed E-state index contributed by atoms with van der Waals surface area (Å²) in [6, 6.07) is 1.16. The zero-order valence-electron chi connectivity index (χ0n) is 18.7. The molecule has 9 nitrogen and oxygen atoms in total. The number of aliphatic hydroxyl groups excluding tert-OH is 2. The average molecular weight is 434 g/mol. The highest BCUT2D eigenvalue weighted by Crippen LogP contribution is 2.27. The third kappa shape index (κ3) is 6.40. The molecule has 1 aliphatic rings. The molecule has 1 aliphatic heterocycles. The Labute approximate surface area is 183 Å². The Hall–Kier alpha value is -2.67.